The first kappa shape index (κ1) is 13.6. The molecule has 2 unspecified atom stereocenters. The zero-order valence-electron chi connectivity index (χ0n) is 13.5. The Morgan fingerprint density at radius 2 is 1.96 bits per heavy atom. The molecule has 122 valence electrons. The number of rotatable bonds is 2. The molecule has 0 saturated heterocycles. The van der Waals surface area contributed by atoms with Crippen LogP contribution in [0.5, 0.6) is 0 Å². The Morgan fingerprint density at radius 3 is 2.79 bits per heavy atom. The molecule has 4 fully saturated rings. The minimum Gasteiger partial charge on any atom is -0.301 e. The van der Waals surface area contributed by atoms with Crippen molar-refractivity contribution in [2.75, 3.05) is 5.32 Å². The molecule has 0 spiro atoms. The predicted octanol–water partition coefficient (Wildman–Crippen LogP) is 4.48. The number of nitrogens with one attached hydrogen (secondary N) is 1. The quantitative estimate of drug-likeness (QED) is 0.750. The standard InChI is InChI=1S/C20H20N2OS/c23-18(20-9-11-5-12(10-20)7-14(20)6-11)22-19-21-17-15-4-2-1-3-13(15)8-16(17)24-19/h1-4,11-12,14H,5-10H2,(H,21,22,23). The highest BCUT2D eigenvalue weighted by Crippen LogP contribution is 2.65. The topological polar surface area (TPSA) is 42.0 Å². The molecule has 1 heterocycles. The molecule has 0 aliphatic heterocycles. The van der Waals surface area contributed by atoms with Gasteiger partial charge < -0.3 is 5.32 Å². The Bertz CT molecular complexity index is 856. The Labute approximate surface area is 145 Å². The SMILES string of the molecule is O=C(Nc1nc2c(s1)Cc1ccccc1-2)C12CC3CC(CC1C3)C2. The van der Waals surface area contributed by atoms with Crippen molar-refractivity contribution < 1.29 is 4.79 Å². The number of fused-ring (bicyclic) bond motifs is 3. The van der Waals surface area contributed by atoms with E-state index in [9.17, 15) is 4.79 Å². The van der Waals surface area contributed by atoms with Gasteiger partial charge in [0.2, 0.25) is 5.91 Å². The van der Waals surface area contributed by atoms with Crippen LogP contribution < -0.4 is 5.32 Å². The van der Waals surface area contributed by atoms with Crippen LogP contribution in [0.3, 0.4) is 0 Å². The highest BCUT2D eigenvalue weighted by molar-refractivity contribution is 7.16. The lowest BCUT2D eigenvalue weighted by atomic mass is 9.75. The van der Waals surface area contributed by atoms with Crippen LogP contribution in [0.4, 0.5) is 5.13 Å². The third-order valence-electron chi connectivity index (χ3n) is 6.98. The van der Waals surface area contributed by atoms with Crippen LogP contribution in [0.15, 0.2) is 24.3 Å². The molecular weight excluding hydrogens is 316 g/mol. The van der Waals surface area contributed by atoms with Gasteiger partial charge in [0.05, 0.1) is 11.1 Å². The molecule has 2 aromatic rings. The van der Waals surface area contributed by atoms with Gasteiger partial charge in [-0.2, -0.15) is 0 Å². The van der Waals surface area contributed by atoms with E-state index in [0.29, 0.717) is 5.92 Å². The number of carbonyl (C=O) groups is 1. The van der Waals surface area contributed by atoms with Crippen molar-refractivity contribution in [1.82, 2.24) is 4.98 Å². The highest BCUT2D eigenvalue weighted by Gasteiger charge is 2.61. The van der Waals surface area contributed by atoms with Crippen molar-refractivity contribution in [2.24, 2.45) is 23.2 Å². The zero-order valence-corrected chi connectivity index (χ0v) is 14.4. The number of aromatic nitrogens is 1. The van der Waals surface area contributed by atoms with Gasteiger partial charge in [-0.3, -0.25) is 4.79 Å². The monoisotopic (exact) mass is 336 g/mol. The Hall–Kier alpha value is -1.68. The molecule has 24 heavy (non-hydrogen) atoms. The maximum atomic E-state index is 13.1. The van der Waals surface area contributed by atoms with Crippen LogP contribution in [-0.2, 0) is 11.2 Å². The summed E-state index contributed by atoms with van der Waals surface area (Å²) >= 11 is 1.67. The van der Waals surface area contributed by atoms with Crippen molar-refractivity contribution >= 4 is 22.4 Å². The summed E-state index contributed by atoms with van der Waals surface area (Å²) < 4.78 is 0. The molecule has 4 bridgehead atoms. The van der Waals surface area contributed by atoms with Gasteiger partial charge in [0, 0.05) is 16.9 Å². The summed E-state index contributed by atoms with van der Waals surface area (Å²) in [5.41, 5.74) is 3.61. The highest BCUT2D eigenvalue weighted by atomic mass is 32.1. The minimum absolute atomic E-state index is 0.0679. The summed E-state index contributed by atoms with van der Waals surface area (Å²) in [5, 5.41) is 4.02. The van der Waals surface area contributed by atoms with Gasteiger partial charge in [-0.05, 0) is 55.4 Å². The average molecular weight is 336 g/mol. The van der Waals surface area contributed by atoms with E-state index >= 15 is 0 Å². The number of amides is 1. The predicted molar refractivity (Wildman–Crippen MR) is 95.0 cm³/mol. The first-order valence-electron chi connectivity index (χ1n) is 9.11. The lowest BCUT2D eigenvalue weighted by Gasteiger charge is -2.31. The van der Waals surface area contributed by atoms with Crippen molar-refractivity contribution in [1.29, 1.82) is 0 Å². The van der Waals surface area contributed by atoms with E-state index in [2.05, 4.69) is 29.6 Å². The van der Waals surface area contributed by atoms with E-state index in [4.69, 9.17) is 4.98 Å². The molecule has 7 rings (SSSR count). The van der Waals surface area contributed by atoms with Gasteiger partial charge in [0.15, 0.2) is 5.13 Å². The molecule has 1 amide bonds. The zero-order chi connectivity index (χ0) is 15.9. The number of benzene rings is 1. The lowest BCUT2D eigenvalue weighted by molar-refractivity contribution is -0.127. The third kappa shape index (κ3) is 1.67. The normalized spacial score (nSPS) is 34.4. The van der Waals surface area contributed by atoms with Crippen LogP contribution in [0.25, 0.3) is 11.3 Å². The van der Waals surface area contributed by atoms with Gasteiger partial charge >= 0.3 is 0 Å². The molecular formula is C20H20N2OS. The second-order valence-corrected chi connectivity index (χ2v) is 9.36. The molecule has 5 aliphatic carbocycles. The number of nitrogens with zero attached hydrogens (tertiary/aromatic N) is 1. The van der Waals surface area contributed by atoms with Crippen molar-refractivity contribution in [2.45, 2.75) is 38.5 Å². The molecule has 2 atom stereocenters. The van der Waals surface area contributed by atoms with Gasteiger partial charge in [-0.25, -0.2) is 4.98 Å². The number of hydrogen-bond donors (Lipinski definition) is 1. The third-order valence-corrected chi connectivity index (χ3v) is 7.95. The molecule has 3 nitrogen and oxygen atoms in total. The average Bonchev–Trinajstić information content (AvgIpc) is 3.23. The molecule has 1 aromatic heterocycles. The van der Waals surface area contributed by atoms with Crippen LogP contribution in [-0.4, -0.2) is 10.9 Å². The van der Waals surface area contributed by atoms with Gasteiger partial charge in [-0.1, -0.05) is 24.3 Å². The Morgan fingerprint density at radius 1 is 1.17 bits per heavy atom. The van der Waals surface area contributed by atoms with E-state index in [0.717, 1.165) is 41.9 Å². The maximum absolute atomic E-state index is 13.1. The molecule has 1 N–H and O–H groups in total. The molecule has 4 heteroatoms. The van der Waals surface area contributed by atoms with E-state index in [1.165, 1.54) is 35.3 Å². The van der Waals surface area contributed by atoms with E-state index < -0.39 is 0 Å². The van der Waals surface area contributed by atoms with Crippen LogP contribution in [0.2, 0.25) is 0 Å². The molecule has 0 radical (unpaired) electrons. The number of thiazole rings is 1. The van der Waals surface area contributed by atoms with E-state index in [1.54, 1.807) is 11.3 Å². The first-order chi connectivity index (χ1) is 11.7. The smallest absolute Gasteiger partial charge is 0.232 e. The fraction of sp³-hybridized carbons (Fsp3) is 0.500. The van der Waals surface area contributed by atoms with E-state index in [1.807, 2.05) is 0 Å². The molecule has 4 saturated carbocycles. The second-order valence-electron chi connectivity index (χ2n) is 8.28. The summed E-state index contributed by atoms with van der Waals surface area (Å²) in [4.78, 5) is 19.2. The minimum atomic E-state index is -0.0679. The number of carbonyl (C=O) groups excluding carboxylic acids is 1. The summed E-state index contributed by atoms with van der Waals surface area (Å²) in [6.45, 7) is 0. The fourth-order valence-corrected chi connectivity index (χ4v) is 7.20. The van der Waals surface area contributed by atoms with Crippen molar-refractivity contribution in [3.8, 4) is 11.3 Å². The van der Waals surface area contributed by atoms with Gasteiger partial charge in [0.25, 0.3) is 0 Å². The summed E-state index contributed by atoms with van der Waals surface area (Å²) in [6, 6.07) is 8.47. The summed E-state index contributed by atoms with van der Waals surface area (Å²) in [7, 11) is 0. The van der Waals surface area contributed by atoms with Gasteiger partial charge in [-0.15, -0.1) is 11.3 Å². The fourth-order valence-electron chi connectivity index (χ4n) is 6.20. The van der Waals surface area contributed by atoms with Gasteiger partial charge in [0.1, 0.15) is 0 Å². The summed E-state index contributed by atoms with van der Waals surface area (Å²) in [6.07, 6.45) is 7.13. The Kier molecular flexibility index (Phi) is 2.54. The Balaban J connectivity index is 1.29. The van der Waals surface area contributed by atoms with Crippen LogP contribution in [0.1, 0.15) is 42.5 Å². The summed E-state index contributed by atoms with van der Waals surface area (Å²) in [5.74, 6) is 2.51. The van der Waals surface area contributed by atoms with Crippen molar-refractivity contribution in [3.05, 3.63) is 34.7 Å². The van der Waals surface area contributed by atoms with E-state index in [-0.39, 0.29) is 11.3 Å². The molecule has 1 aromatic carbocycles. The number of anilines is 1. The first-order valence-corrected chi connectivity index (χ1v) is 9.92. The van der Waals surface area contributed by atoms with Crippen LogP contribution >= 0.6 is 11.3 Å². The maximum Gasteiger partial charge on any atom is 0.232 e. The number of hydrogen-bond acceptors (Lipinski definition) is 3. The largest absolute Gasteiger partial charge is 0.301 e. The van der Waals surface area contributed by atoms with Crippen molar-refractivity contribution in [3.63, 3.8) is 0 Å². The van der Waals surface area contributed by atoms with Crippen LogP contribution in [0, 0.1) is 23.2 Å². The lowest BCUT2D eigenvalue weighted by Crippen LogP contribution is -2.37. The second kappa shape index (κ2) is 4.48. The molecule has 5 aliphatic rings.